The largest absolute Gasteiger partial charge is 0.467 e. The summed E-state index contributed by atoms with van der Waals surface area (Å²) in [4.78, 5) is 20.8. The first-order valence-corrected chi connectivity index (χ1v) is 12.1. The van der Waals surface area contributed by atoms with Crippen LogP contribution in [0.1, 0.15) is 46.1 Å². The molecule has 1 aromatic carbocycles. The molecule has 1 fully saturated rings. The number of carbonyl (C=O) groups excluding carboxylic acids is 1. The standard InChI is InChI=1S/C26H36N6O4/c1-8-18-12-13-20(21(15-18)35-17-34-9-2)22-23(31(6)7)28-24(30-29-22)27-19-11-10-14-32(16-19)25(33)36-26(3,4)5/h1,12-13,15,19H,9-11,14,16-17H2,2-7H3,(H,27,28,30). The molecule has 1 atom stereocenters. The average molecular weight is 497 g/mol. The van der Waals surface area contributed by atoms with Crippen molar-refractivity contribution >= 4 is 17.9 Å². The molecule has 10 heteroatoms. The van der Waals surface area contributed by atoms with Crippen LogP contribution in [0.5, 0.6) is 5.75 Å². The highest BCUT2D eigenvalue weighted by Crippen LogP contribution is 2.34. The summed E-state index contributed by atoms with van der Waals surface area (Å²) < 4.78 is 16.7. The molecule has 0 bridgehead atoms. The van der Waals surface area contributed by atoms with Gasteiger partial charge in [-0.15, -0.1) is 16.6 Å². The lowest BCUT2D eigenvalue weighted by Gasteiger charge is -2.34. The maximum atomic E-state index is 12.5. The van der Waals surface area contributed by atoms with Crippen LogP contribution in [-0.4, -0.2) is 78.4 Å². The average Bonchev–Trinajstić information content (AvgIpc) is 2.83. The number of likely N-dealkylation sites (tertiary alicyclic amines) is 1. The molecule has 2 heterocycles. The number of benzene rings is 1. The third-order valence-corrected chi connectivity index (χ3v) is 5.40. The molecule has 1 aliphatic heterocycles. The number of hydrogen-bond donors (Lipinski definition) is 1. The van der Waals surface area contributed by atoms with Gasteiger partial charge >= 0.3 is 6.09 Å². The molecule has 1 unspecified atom stereocenters. The third-order valence-electron chi connectivity index (χ3n) is 5.40. The van der Waals surface area contributed by atoms with Crippen molar-refractivity contribution in [1.29, 1.82) is 0 Å². The number of nitrogens with one attached hydrogen (secondary N) is 1. The van der Waals surface area contributed by atoms with Gasteiger partial charge in [0.2, 0.25) is 5.95 Å². The highest BCUT2D eigenvalue weighted by molar-refractivity contribution is 5.77. The van der Waals surface area contributed by atoms with Crippen molar-refractivity contribution in [2.24, 2.45) is 0 Å². The maximum absolute atomic E-state index is 12.5. The minimum absolute atomic E-state index is 0.0195. The molecule has 0 saturated carbocycles. The van der Waals surface area contributed by atoms with Crippen LogP contribution in [-0.2, 0) is 9.47 Å². The Morgan fingerprint density at radius 2 is 2.08 bits per heavy atom. The van der Waals surface area contributed by atoms with Crippen LogP contribution in [0, 0.1) is 12.3 Å². The lowest BCUT2D eigenvalue weighted by molar-refractivity contribution is 0.0205. The minimum Gasteiger partial charge on any atom is -0.467 e. The Morgan fingerprint density at radius 3 is 2.75 bits per heavy atom. The molecule has 0 aliphatic carbocycles. The van der Waals surface area contributed by atoms with Gasteiger partial charge in [0.25, 0.3) is 0 Å². The summed E-state index contributed by atoms with van der Waals surface area (Å²) in [6.45, 7) is 9.26. The van der Waals surface area contributed by atoms with Gasteiger partial charge in [0, 0.05) is 51.0 Å². The number of nitrogens with zero attached hydrogens (tertiary/aromatic N) is 5. The number of carbonyl (C=O) groups is 1. The summed E-state index contributed by atoms with van der Waals surface area (Å²) in [6.07, 6.45) is 7.00. The fourth-order valence-corrected chi connectivity index (χ4v) is 3.75. The Morgan fingerprint density at radius 1 is 1.31 bits per heavy atom. The number of hydrogen-bond acceptors (Lipinski definition) is 9. The lowest BCUT2D eigenvalue weighted by Crippen LogP contribution is -2.47. The smallest absolute Gasteiger partial charge is 0.410 e. The summed E-state index contributed by atoms with van der Waals surface area (Å²) >= 11 is 0. The predicted octanol–water partition coefficient (Wildman–Crippen LogP) is 3.77. The molecule has 3 rings (SSSR count). The van der Waals surface area contributed by atoms with E-state index in [1.165, 1.54) is 0 Å². The van der Waals surface area contributed by atoms with Crippen LogP contribution in [0.25, 0.3) is 11.3 Å². The Labute approximate surface area is 213 Å². The number of rotatable bonds is 8. The van der Waals surface area contributed by atoms with Crippen molar-refractivity contribution in [3.05, 3.63) is 23.8 Å². The molecule has 1 aromatic heterocycles. The Balaban J connectivity index is 1.83. The van der Waals surface area contributed by atoms with Gasteiger partial charge in [-0.2, -0.15) is 4.98 Å². The third kappa shape index (κ3) is 7.21. The van der Waals surface area contributed by atoms with E-state index in [9.17, 15) is 4.79 Å². The summed E-state index contributed by atoms with van der Waals surface area (Å²) in [5.41, 5.74) is 1.41. The van der Waals surface area contributed by atoms with Crippen LogP contribution in [0.15, 0.2) is 18.2 Å². The number of amides is 1. The highest BCUT2D eigenvalue weighted by atomic mass is 16.7. The minimum atomic E-state index is -0.537. The van der Waals surface area contributed by atoms with Crippen molar-refractivity contribution in [2.75, 3.05) is 50.8 Å². The number of ether oxygens (including phenoxy) is 3. The Hall–Kier alpha value is -3.58. The topological polar surface area (TPSA) is 102 Å². The number of aromatic nitrogens is 3. The zero-order chi connectivity index (χ0) is 26.3. The van der Waals surface area contributed by atoms with Crippen molar-refractivity contribution in [3.63, 3.8) is 0 Å². The fourth-order valence-electron chi connectivity index (χ4n) is 3.75. The van der Waals surface area contributed by atoms with Gasteiger partial charge in [-0.1, -0.05) is 5.92 Å². The predicted molar refractivity (Wildman–Crippen MR) is 139 cm³/mol. The van der Waals surface area contributed by atoms with E-state index in [4.69, 9.17) is 25.6 Å². The molecule has 194 valence electrons. The molecule has 1 amide bonds. The van der Waals surface area contributed by atoms with E-state index < -0.39 is 5.60 Å². The summed E-state index contributed by atoms with van der Waals surface area (Å²) in [5, 5.41) is 12.2. The molecule has 10 nitrogen and oxygen atoms in total. The van der Waals surface area contributed by atoms with Gasteiger partial charge in [-0.25, -0.2) is 4.79 Å². The van der Waals surface area contributed by atoms with E-state index in [1.807, 2.05) is 58.8 Å². The van der Waals surface area contributed by atoms with Crippen LogP contribution in [0.2, 0.25) is 0 Å². The van der Waals surface area contributed by atoms with Crippen LogP contribution >= 0.6 is 0 Å². The van der Waals surface area contributed by atoms with Crippen molar-refractivity contribution in [2.45, 2.75) is 52.2 Å². The van der Waals surface area contributed by atoms with Crippen LogP contribution < -0.4 is 15.0 Å². The summed E-state index contributed by atoms with van der Waals surface area (Å²) in [7, 11) is 3.78. The number of terminal acetylenes is 1. The second kappa shape index (κ2) is 11.9. The molecule has 1 N–H and O–H groups in total. The number of anilines is 2. The zero-order valence-corrected chi connectivity index (χ0v) is 22.0. The Bertz CT molecular complexity index is 1090. The molecule has 1 aliphatic rings. The molecule has 1 saturated heterocycles. The summed E-state index contributed by atoms with van der Waals surface area (Å²) in [5.74, 6) is 4.16. The van der Waals surface area contributed by atoms with Crippen LogP contribution in [0.3, 0.4) is 0 Å². The molecule has 2 aromatic rings. The zero-order valence-electron chi connectivity index (χ0n) is 22.0. The maximum Gasteiger partial charge on any atom is 0.410 e. The van der Waals surface area contributed by atoms with Crippen molar-refractivity contribution in [3.8, 4) is 29.4 Å². The highest BCUT2D eigenvalue weighted by Gasteiger charge is 2.28. The van der Waals surface area contributed by atoms with E-state index in [0.29, 0.717) is 54.0 Å². The van der Waals surface area contributed by atoms with Gasteiger partial charge in [-0.3, -0.25) is 0 Å². The molecule has 36 heavy (non-hydrogen) atoms. The van der Waals surface area contributed by atoms with Gasteiger partial charge in [0.15, 0.2) is 12.6 Å². The molecule has 0 spiro atoms. The SMILES string of the molecule is C#Cc1ccc(-c2nnc(NC3CCCN(C(=O)OC(C)(C)C)C3)nc2N(C)C)c(OCOCC)c1. The first kappa shape index (κ1) is 27.0. The van der Waals surface area contributed by atoms with Crippen molar-refractivity contribution < 1.29 is 19.0 Å². The lowest BCUT2D eigenvalue weighted by atomic mass is 10.1. The fraction of sp³-hybridized carbons (Fsp3) is 0.538. The molecule has 0 radical (unpaired) electrons. The quantitative estimate of drug-likeness (QED) is 0.332. The first-order chi connectivity index (χ1) is 17.1. The second-order valence-electron chi connectivity index (χ2n) is 9.72. The monoisotopic (exact) mass is 496 g/mol. The van der Waals surface area contributed by atoms with E-state index in [0.717, 1.165) is 12.8 Å². The summed E-state index contributed by atoms with van der Waals surface area (Å²) in [6, 6.07) is 5.43. The molecular weight excluding hydrogens is 460 g/mol. The second-order valence-corrected chi connectivity index (χ2v) is 9.72. The van der Waals surface area contributed by atoms with Gasteiger partial charge in [-0.05, 0) is 58.7 Å². The van der Waals surface area contributed by atoms with E-state index >= 15 is 0 Å². The Kier molecular flexibility index (Phi) is 8.93. The first-order valence-electron chi connectivity index (χ1n) is 12.1. The van der Waals surface area contributed by atoms with Crippen LogP contribution in [0.4, 0.5) is 16.6 Å². The molecular formula is C26H36N6O4. The van der Waals surface area contributed by atoms with E-state index in [1.54, 1.807) is 11.0 Å². The van der Waals surface area contributed by atoms with E-state index in [-0.39, 0.29) is 18.9 Å². The van der Waals surface area contributed by atoms with Gasteiger partial charge in [0.05, 0.1) is 0 Å². The van der Waals surface area contributed by atoms with Crippen molar-refractivity contribution in [1.82, 2.24) is 20.1 Å². The van der Waals surface area contributed by atoms with E-state index in [2.05, 4.69) is 21.4 Å². The van der Waals surface area contributed by atoms with Gasteiger partial charge in [0.1, 0.15) is 17.0 Å². The normalized spacial score (nSPS) is 15.7. The van der Waals surface area contributed by atoms with Gasteiger partial charge < -0.3 is 29.3 Å². The number of piperidine rings is 1.